The number of carbonyl (C=O) groups is 4. The molecular formula is C30H30N4O6S. The lowest BCUT2D eigenvalue weighted by Gasteiger charge is -2.28. The normalized spacial score (nSPS) is 19.5. The monoisotopic (exact) mass is 574 g/mol. The Bertz CT molecular complexity index is 1560. The van der Waals surface area contributed by atoms with E-state index in [0.717, 1.165) is 15.4 Å². The average Bonchev–Trinajstić information content (AvgIpc) is 3.58. The van der Waals surface area contributed by atoms with Gasteiger partial charge in [0, 0.05) is 18.3 Å². The van der Waals surface area contributed by atoms with Gasteiger partial charge in [-0.1, -0.05) is 61.9 Å². The lowest BCUT2D eigenvalue weighted by molar-refractivity contribution is -0.138. The Kier molecular flexibility index (Phi) is 8.09. The Morgan fingerprint density at radius 3 is 2.32 bits per heavy atom. The summed E-state index contributed by atoms with van der Waals surface area (Å²) in [4.78, 5) is 57.8. The number of Topliss-reactive ketones (excluding diaryl/α,β-unsaturated/α-hetero) is 1. The fraction of sp³-hybridized carbons (Fsp3) is 0.300. The molecule has 212 valence electrons. The van der Waals surface area contributed by atoms with E-state index in [0.29, 0.717) is 18.4 Å². The first-order valence-corrected chi connectivity index (χ1v) is 14.9. The molecule has 10 nitrogen and oxygen atoms in total. The number of benzene rings is 2. The lowest BCUT2D eigenvalue weighted by Crippen LogP contribution is -2.52. The highest BCUT2D eigenvalue weighted by Gasteiger charge is 2.55. The molecule has 3 unspecified atom stereocenters. The Morgan fingerprint density at radius 2 is 1.66 bits per heavy atom. The van der Waals surface area contributed by atoms with Gasteiger partial charge in [0.1, 0.15) is 17.8 Å². The maximum atomic E-state index is 13.7. The summed E-state index contributed by atoms with van der Waals surface area (Å²) in [6.45, 7) is 1.51. The number of fused-ring (bicyclic) bond motifs is 1. The summed E-state index contributed by atoms with van der Waals surface area (Å²) in [5.74, 6) is -1.33. The highest BCUT2D eigenvalue weighted by Crippen LogP contribution is 2.33. The zero-order valence-corrected chi connectivity index (χ0v) is 23.3. The van der Waals surface area contributed by atoms with Crippen LogP contribution >= 0.6 is 0 Å². The summed E-state index contributed by atoms with van der Waals surface area (Å²) in [7, 11) is -4.53. The van der Waals surface area contributed by atoms with E-state index in [9.17, 15) is 27.6 Å². The van der Waals surface area contributed by atoms with Crippen LogP contribution in [0.2, 0.25) is 0 Å². The molecule has 0 bridgehead atoms. The molecule has 5 rings (SSSR count). The fourth-order valence-corrected chi connectivity index (χ4v) is 6.97. The van der Waals surface area contributed by atoms with Crippen LogP contribution in [0.4, 0.5) is 0 Å². The first kappa shape index (κ1) is 28.3. The van der Waals surface area contributed by atoms with Crippen LogP contribution in [0.1, 0.15) is 47.0 Å². The number of rotatable bonds is 8. The summed E-state index contributed by atoms with van der Waals surface area (Å²) >= 11 is 0. The van der Waals surface area contributed by atoms with Crippen molar-refractivity contribution < 1.29 is 27.6 Å². The molecule has 2 saturated heterocycles. The van der Waals surface area contributed by atoms with E-state index < -0.39 is 57.4 Å². The molecule has 3 aromatic rings. The second-order valence-corrected chi connectivity index (χ2v) is 11.9. The summed E-state index contributed by atoms with van der Waals surface area (Å²) < 4.78 is 27.2. The number of amides is 2. The number of pyridine rings is 1. The Hall–Kier alpha value is -4.22. The largest absolute Gasteiger partial charge is 0.340 e. The van der Waals surface area contributed by atoms with Gasteiger partial charge in [-0.05, 0) is 48.2 Å². The number of likely N-dealkylation sites (tertiary alicyclic amines) is 1. The van der Waals surface area contributed by atoms with E-state index >= 15 is 0 Å². The van der Waals surface area contributed by atoms with Crippen molar-refractivity contribution in [3.63, 3.8) is 0 Å². The van der Waals surface area contributed by atoms with Crippen LogP contribution in [0.5, 0.6) is 0 Å². The minimum Gasteiger partial charge on any atom is -0.340 e. The van der Waals surface area contributed by atoms with Gasteiger partial charge in [0.2, 0.25) is 5.91 Å². The van der Waals surface area contributed by atoms with E-state index in [1.807, 2.05) is 49.4 Å². The van der Waals surface area contributed by atoms with E-state index in [1.165, 1.54) is 23.2 Å². The van der Waals surface area contributed by atoms with Crippen molar-refractivity contribution in [1.82, 2.24) is 19.5 Å². The Morgan fingerprint density at radius 1 is 0.976 bits per heavy atom. The molecule has 11 heteroatoms. The smallest absolute Gasteiger partial charge is 0.310 e. The third-order valence-electron chi connectivity index (χ3n) is 7.51. The second kappa shape index (κ2) is 11.7. The molecular weight excluding hydrogens is 544 g/mol. The number of ketones is 1. The Balaban J connectivity index is 1.30. The molecule has 2 aliphatic heterocycles. The van der Waals surface area contributed by atoms with Crippen molar-refractivity contribution in [2.45, 2.75) is 44.3 Å². The maximum absolute atomic E-state index is 13.7. The van der Waals surface area contributed by atoms with Gasteiger partial charge in [-0.2, -0.15) is 4.31 Å². The minimum atomic E-state index is -4.53. The average molecular weight is 575 g/mol. The third-order valence-corrected chi connectivity index (χ3v) is 9.21. The van der Waals surface area contributed by atoms with E-state index in [4.69, 9.17) is 0 Å². The molecule has 0 aliphatic carbocycles. The molecule has 2 aliphatic rings. The molecule has 0 radical (unpaired) electrons. The van der Waals surface area contributed by atoms with Gasteiger partial charge in [-0.25, -0.2) is 8.42 Å². The Labute approximate surface area is 238 Å². The van der Waals surface area contributed by atoms with Crippen LogP contribution < -0.4 is 5.32 Å². The number of nitrogens with zero attached hydrogens (tertiary/aromatic N) is 3. The van der Waals surface area contributed by atoms with Crippen molar-refractivity contribution in [1.29, 1.82) is 0 Å². The van der Waals surface area contributed by atoms with E-state index in [2.05, 4.69) is 10.3 Å². The number of carbonyl (C=O) groups excluding carboxylic acids is 4. The van der Waals surface area contributed by atoms with E-state index in [-0.39, 0.29) is 18.7 Å². The summed E-state index contributed by atoms with van der Waals surface area (Å²) in [6, 6.07) is 18.4. The SMILES string of the molecule is CCCC(NC(=O)c1ccc(-c2ccccc2)cc1)C(=O)N1CCC2C1C(=O)CN2S(=O)(=O)C(=O)c1ccccn1. The van der Waals surface area contributed by atoms with Gasteiger partial charge in [0.05, 0.1) is 12.6 Å². The van der Waals surface area contributed by atoms with Crippen LogP contribution in [0.15, 0.2) is 79.0 Å². The molecule has 2 amide bonds. The van der Waals surface area contributed by atoms with Crippen LogP contribution in [0, 0.1) is 0 Å². The van der Waals surface area contributed by atoms with Crippen molar-refractivity contribution in [3.8, 4) is 11.1 Å². The summed E-state index contributed by atoms with van der Waals surface area (Å²) in [6.07, 6.45) is 2.45. The fourth-order valence-electron chi connectivity index (χ4n) is 5.50. The predicted octanol–water partition coefficient (Wildman–Crippen LogP) is 2.67. The third kappa shape index (κ3) is 5.55. The minimum absolute atomic E-state index is 0.131. The van der Waals surface area contributed by atoms with Gasteiger partial charge < -0.3 is 10.2 Å². The number of sulfonamides is 1. The highest BCUT2D eigenvalue weighted by molar-refractivity contribution is 8.04. The number of aromatic nitrogens is 1. The molecule has 0 spiro atoms. The van der Waals surface area contributed by atoms with Crippen LogP contribution in [0.3, 0.4) is 0 Å². The zero-order valence-electron chi connectivity index (χ0n) is 22.5. The molecule has 3 heterocycles. The molecule has 1 aromatic heterocycles. The molecule has 2 aromatic carbocycles. The summed E-state index contributed by atoms with van der Waals surface area (Å²) in [5.41, 5.74) is 2.12. The van der Waals surface area contributed by atoms with Crippen LogP contribution in [-0.2, 0) is 19.6 Å². The number of hydrogen-bond acceptors (Lipinski definition) is 7. The molecule has 41 heavy (non-hydrogen) atoms. The van der Waals surface area contributed by atoms with Gasteiger partial charge >= 0.3 is 5.12 Å². The number of hydrogen-bond donors (Lipinski definition) is 1. The standard InChI is InChI=1S/C30H30N4O6S/c1-2-8-23(32-28(36)22-14-12-21(13-15-22)20-9-4-3-5-10-20)29(37)33-18-16-25-27(33)26(35)19-34(25)41(39,40)30(38)24-11-6-7-17-31-24/h3-7,9-15,17,23,25,27H,2,8,16,18-19H2,1H3,(H,32,36). The van der Waals surface area contributed by atoms with Gasteiger partial charge in [-0.15, -0.1) is 0 Å². The lowest BCUT2D eigenvalue weighted by atomic mass is 10.0. The molecule has 3 atom stereocenters. The van der Waals surface area contributed by atoms with Crippen molar-refractivity contribution in [2.75, 3.05) is 13.1 Å². The van der Waals surface area contributed by atoms with Crippen LogP contribution in [-0.4, -0.2) is 76.5 Å². The second-order valence-electron chi connectivity index (χ2n) is 10.1. The topological polar surface area (TPSA) is 134 Å². The van der Waals surface area contributed by atoms with Crippen molar-refractivity contribution in [3.05, 3.63) is 90.3 Å². The quantitative estimate of drug-likeness (QED) is 0.437. The van der Waals surface area contributed by atoms with Gasteiger partial charge in [0.25, 0.3) is 15.9 Å². The first-order chi connectivity index (χ1) is 19.7. The highest BCUT2D eigenvalue weighted by atomic mass is 32.2. The zero-order chi connectivity index (χ0) is 29.1. The van der Waals surface area contributed by atoms with Gasteiger partial charge in [-0.3, -0.25) is 24.2 Å². The molecule has 1 N–H and O–H groups in total. The maximum Gasteiger partial charge on any atom is 0.310 e. The van der Waals surface area contributed by atoms with E-state index in [1.54, 1.807) is 18.2 Å². The van der Waals surface area contributed by atoms with Crippen molar-refractivity contribution in [2.24, 2.45) is 0 Å². The molecule has 2 fully saturated rings. The van der Waals surface area contributed by atoms with Crippen molar-refractivity contribution >= 4 is 32.7 Å². The summed E-state index contributed by atoms with van der Waals surface area (Å²) in [5, 5.41) is 1.62. The van der Waals surface area contributed by atoms with Gasteiger partial charge in [0.15, 0.2) is 5.78 Å². The molecule has 0 saturated carbocycles. The van der Waals surface area contributed by atoms with Crippen LogP contribution in [0.25, 0.3) is 11.1 Å². The first-order valence-electron chi connectivity index (χ1n) is 13.5. The number of nitrogens with one attached hydrogen (secondary N) is 1. The predicted molar refractivity (Wildman–Crippen MR) is 151 cm³/mol.